The molecule has 0 bridgehead atoms. The van der Waals surface area contributed by atoms with Gasteiger partial charge in [0.05, 0.1) is 10.5 Å². The van der Waals surface area contributed by atoms with Gasteiger partial charge in [0.1, 0.15) is 0 Å². The lowest BCUT2D eigenvalue weighted by molar-refractivity contribution is -0.142. The number of sulfonamides is 1. The summed E-state index contributed by atoms with van der Waals surface area (Å²) in [5.74, 6) is -0.178. The van der Waals surface area contributed by atoms with Crippen LogP contribution < -0.4 is 5.48 Å². The quantitative estimate of drug-likeness (QED) is 0.600. The van der Waals surface area contributed by atoms with Gasteiger partial charge in [-0.15, -0.1) is 0 Å². The molecule has 0 spiro atoms. The van der Waals surface area contributed by atoms with Gasteiger partial charge < -0.3 is 4.90 Å². The molecule has 2 rings (SSSR count). The van der Waals surface area contributed by atoms with Gasteiger partial charge in [-0.05, 0) is 52.0 Å². The molecule has 1 N–H and O–H groups in total. The number of carbonyl (C=O) groups excluding carboxylic acids is 1. The molecule has 0 atom stereocenters. The monoisotopic (exact) mass is 463 g/mol. The first-order valence-electron chi connectivity index (χ1n) is 9.89. The van der Waals surface area contributed by atoms with Crippen molar-refractivity contribution in [2.45, 2.75) is 57.3 Å². The summed E-state index contributed by atoms with van der Waals surface area (Å²) in [6.45, 7) is 7.51. The van der Waals surface area contributed by atoms with Gasteiger partial charge in [0, 0.05) is 37.3 Å². The Morgan fingerprint density at radius 2 is 1.87 bits per heavy atom. The molecular weight excluding hydrogens is 435 g/mol. The lowest BCUT2D eigenvalue weighted by Gasteiger charge is -2.31. The highest BCUT2D eigenvalue weighted by Crippen LogP contribution is 2.31. The molecule has 1 aromatic rings. The predicted molar refractivity (Wildman–Crippen MR) is 109 cm³/mol. The van der Waals surface area contributed by atoms with Crippen LogP contribution >= 0.6 is 0 Å². The van der Waals surface area contributed by atoms with E-state index in [-0.39, 0.29) is 44.1 Å². The van der Waals surface area contributed by atoms with E-state index >= 15 is 0 Å². The van der Waals surface area contributed by atoms with E-state index < -0.39 is 26.7 Å². The third-order valence-corrected chi connectivity index (χ3v) is 6.63. The third-order valence-electron chi connectivity index (χ3n) is 4.77. The van der Waals surface area contributed by atoms with E-state index in [1.165, 1.54) is 0 Å². The van der Waals surface area contributed by atoms with Gasteiger partial charge in [-0.25, -0.2) is 8.42 Å². The number of hydrogen-bond donors (Lipinski definition) is 1. The summed E-state index contributed by atoms with van der Waals surface area (Å²) in [6, 6.07) is 3.74. The fraction of sp³-hybridized carbons (Fsp3) is 0.550. The standard InChI is InChI=1S/C20H28F3N3O4S/c1-14(2)26(15(3)4)19(27)13-30-24-17-8-10-25(11-9-17)31(28,29)18-7-5-6-16(12-18)20(21,22)23/h5-8,12,14-15,24H,9-11,13H2,1-4H3. The van der Waals surface area contributed by atoms with Crippen molar-refractivity contribution in [1.29, 1.82) is 0 Å². The zero-order valence-corrected chi connectivity index (χ0v) is 18.8. The summed E-state index contributed by atoms with van der Waals surface area (Å²) in [5.41, 5.74) is 2.25. The fourth-order valence-electron chi connectivity index (χ4n) is 3.38. The van der Waals surface area contributed by atoms with Crippen LogP contribution in [-0.2, 0) is 25.8 Å². The zero-order valence-electron chi connectivity index (χ0n) is 17.9. The van der Waals surface area contributed by atoms with E-state index in [0.717, 1.165) is 22.5 Å². The highest BCUT2D eigenvalue weighted by Gasteiger charge is 2.33. The molecule has 1 aromatic carbocycles. The van der Waals surface area contributed by atoms with Crippen molar-refractivity contribution in [3.05, 3.63) is 41.6 Å². The number of nitrogens with one attached hydrogen (secondary N) is 1. The molecule has 0 unspecified atom stereocenters. The van der Waals surface area contributed by atoms with Crippen LogP contribution in [0.4, 0.5) is 13.2 Å². The van der Waals surface area contributed by atoms with Crippen molar-refractivity contribution in [1.82, 2.24) is 14.7 Å². The molecule has 1 heterocycles. The Morgan fingerprint density at radius 3 is 2.39 bits per heavy atom. The van der Waals surface area contributed by atoms with Crippen molar-refractivity contribution in [2.24, 2.45) is 0 Å². The minimum Gasteiger partial charge on any atom is -0.336 e. The van der Waals surface area contributed by atoms with E-state index in [2.05, 4.69) is 5.48 Å². The average molecular weight is 464 g/mol. The van der Waals surface area contributed by atoms with Gasteiger partial charge >= 0.3 is 6.18 Å². The molecule has 7 nitrogen and oxygen atoms in total. The number of alkyl halides is 3. The second-order valence-corrected chi connectivity index (χ2v) is 9.69. The van der Waals surface area contributed by atoms with E-state index in [0.29, 0.717) is 11.8 Å². The maximum absolute atomic E-state index is 12.9. The highest BCUT2D eigenvalue weighted by atomic mass is 32.2. The maximum Gasteiger partial charge on any atom is 0.416 e. The molecule has 1 amide bonds. The molecule has 0 fully saturated rings. The van der Waals surface area contributed by atoms with Gasteiger partial charge in [-0.3, -0.25) is 15.1 Å². The number of halogens is 3. The van der Waals surface area contributed by atoms with E-state index in [1.54, 1.807) is 11.0 Å². The molecule has 174 valence electrons. The number of carbonyl (C=O) groups is 1. The normalized spacial score (nSPS) is 15.8. The highest BCUT2D eigenvalue weighted by molar-refractivity contribution is 7.89. The molecule has 0 saturated heterocycles. The molecule has 1 aliphatic rings. The molecule has 31 heavy (non-hydrogen) atoms. The second-order valence-electron chi connectivity index (χ2n) is 7.75. The number of hydroxylamine groups is 1. The first-order valence-corrected chi connectivity index (χ1v) is 11.3. The summed E-state index contributed by atoms with van der Waals surface area (Å²) in [7, 11) is -4.07. The van der Waals surface area contributed by atoms with Crippen LogP contribution in [-0.4, -0.2) is 55.3 Å². The first-order chi connectivity index (χ1) is 14.3. The maximum atomic E-state index is 12.9. The number of benzene rings is 1. The topological polar surface area (TPSA) is 79.0 Å². The van der Waals surface area contributed by atoms with Crippen molar-refractivity contribution < 1.29 is 31.2 Å². The van der Waals surface area contributed by atoms with E-state index in [1.807, 2.05) is 27.7 Å². The average Bonchev–Trinajstić information content (AvgIpc) is 2.67. The molecule has 0 aromatic heterocycles. The molecule has 0 aliphatic carbocycles. The Morgan fingerprint density at radius 1 is 1.23 bits per heavy atom. The molecule has 0 saturated carbocycles. The molecule has 0 radical (unpaired) electrons. The summed E-state index contributed by atoms with van der Waals surface area (Å²) >= 11 is 0. The van der Waals surface area contributed by atoms with Crippen molar-refractivity contribution in [3.63, 3.8) is 0 Å². The second kappa shape index (κ2) is 10.0. The van der Waals surface area contributed by atoms with E-state index in [9.17, 15) is 26.4 Å². The largest absolute Gasteiger partial charge is 0.416 e. The minimum atomic E-state index is -4.63. The zero-order chi connectivity index (χ0) is 23.4. The van der Waals surface area contributed by atoms with Crippen LogP contribution in [0.15, 0.2) is 40.9 Å². The Bertz CT molecular complexity index is 906. The van der Waals surface area contributed by atoms with Crippen molar-refractivity contribution in [3.8, 4) is 0 Å². The molecular formula is C20H28F3N3O4S. The van der Waals surface area contributed by atoms with Gasteiger partial charge in [0.2, 0.25) is 10.0 Å². The lowest BCUT2D eigenvalue weighted by Crippen LogP contribution is -2.44. The SMILES string of the molecule is CC(C)N(C(=O)CONC1=CCN(S(=O)(=O)c2cccc(C(F)(F)F)c2)CC1)C(C)C. The smallest absolute Gasteiger partial charge is 0.336 e. The fourth-order valence-corrected chi connectivity index (χ4v) is 4.81. The van der Waals surface area contributed by atoms with Crippen LogP contribution in [0.1, 0.15) is 39.7 Å². The summed E-state index contributed by atoms with van der Waals surface area (Å²) in [4.78, 5) is 18.8. The Hall–Kier alpha value is -2.11. The van der Waals surface area contributed by atoms with Gasteiger partial charge in [-0.1, -0.05) is 6.07 Å². The number of amides is 1. The van der Waals surface area contributed by atoms with Crippen molar-refractivity contribution in [2.75, 3.05) is 19.7 Å². The number of rotatable bonds is 8. The van der Waals surface area contributed by atoms with Gasteiger partial charge in [-0.2, -0.15) is 17.5 Å². The van der Waals surface area contributed by atoms with Crippen LogP contribution in [0.5, 0.6) is 0 Å². The Balaban J connectivity index is 1.96. The van der Waals surface area contributed by atoms with Crippen molar-refractivity contribution >= 4 is 15.9 Å². The summed E-state index contributed by atoms with van der Waals surface area (Å²) in [6.07, 6.45) is -2.79. The summed E-state index contributed by atoms with van der Waals surface area (Å²) in [5, 5.41) is 0. The lowest BCUT2D eigenvalue weighted by atomic mass is 10.2. The van der Waals surface area contributed by atoms with E-state index in [4.69, 9.17) is 4.84 Å². The van der Waals surface area contributed by atoms with Crippen LogP contribution in [0.2, 0.25) is 0 Å². The Labute approximate surface area is 180 Å². The van der Waals surface area contributed by atoms with Crippen LogP contribution in [0.3, 0.4) is 0 Å². The minimum absolute atomic E-state index is 0.0255. The Kier molecular flexibility index (Phi) is 8.12. The van der Waals surface area contributed by atoms with Gasteiger partial charge in [0.15, 0.2) is 6.61 Å². The summed E-state index contributed by atoms with van der Waals surface area (Å²) < 4.78 is 65.2. The van der Waals surface area contributed by atoms with Gasteiger partial charge in [0.25, 0.3) is 5.91 Å². The predicted octanol–water partition coefficient (Wildman–Crippen LogP) is 3.15. The molecule has 1 aliphatic heterocycles. The first kappa shape index (κ1) is 25.2. The van der Waals surface area contributed by atoms with Crippen LogP contribution in [0, 0.1) is 0 Å². The molecule has 11 heteroatoms. The van der Waals surface area contributed by atoms with Crippen LogP contribution in [0.25, 0.3) is 0 Å². The number of nitrogens with zero attached hydrogens (tertiary/aromatic N) is 2. The third kappa shape index (κ3) is 6.44. The number of hydrogen-bond acceptors (Lipinski definition) is 5.